The first-order valence-electron chi connectivity index (χ1n) is 10.5. The molecule has 0 aliphatic carbocycles. The van der Waals surface area contributed by atoms with Gasteiger partial charge in [0.2, 0.25) is 5.91 Å². The Morgan fingerprint density at radius 2 is 1.97 bits per heavy atom. The molecule has 1 aliphatic rings. The molecular weight excluding hydrogens is 376 g/mol. The lowest BCUT2D eigenvalue weighted by Gasteiger charge is -2.34. The van der Waals surface area contributed by atoms with Crippen LogP contribution in [0.15, 0.2) is 42.6 Å². The number of fused-ring (bicyclic) bond motifs is 1. The van der Waals surface area contributed by atoms with Crippen LogP contribution in [0.4, 0.5) is 5.69 Å². The lowest BCUT2D eigenvalue weighted by molar-refractivity contribution is -0.123. The predicted molar refractivity (Wildman–Crippen MR) is 120 cm³/mol. The van der Waals surface area contributed by atoms with Crippen LogP contribution < -0.4 is 5.32 Å². The zero-order chi connectivity index (χ0) is 21.3. The molecule has 1 aromatic carbocycles. The van der Waals surface area contributed by atoms with E-state index < -0.39 is 5.41 Å². The van der Waals surface area contributed by atoms with Crippen molar-refractivity contribution in [2.75, 3.05) is 31.6 Å². The Bertz CT molecular complexity index is 1030. The number of H-pyrrole nitrogens is 1. The Morgan fingerprint density at radius 1 is 1.20 bits per heavy atom. The van der Waals surface area contributed by atoms with Crippen LogP contribution >= 0.6 is 0 Å². The van der Waals surface area contributed by atoms with E-state index in [2.05, 4.69) is 34.3 Å². The van der Waals surface area contributed by atoms with Gasteiger partial charge in [-0.15, -0.1) is 0 Å². The minimum atomic E-state index is -0.448. The largest absolute Gasteiger partial charge is 0.379 e. The summed E-state index contributed by atoms with van der Waals surface area (Å²) in [4.78, 5) is 23.2. The molecule has 1 aliphatic heterocycles. The summed E-state index contributed by atoms with van der Waals surface area (Å²) < 4.78 is 5.60. The molecule has 1 amide bonds. The first-order chi connectivity index (χ1) is 14.3. The van der Waals surface area contributed by atoms with E-state index in [-0.39, 0.29) is 11.9 Å². The monoisotopic (exact) mass is 406 g/mol. The van der Waals surface area contributed by atoms with Gasteiger partial charge in [0.15, 0.2) is 0 Å². The number of aryl methyl sites for hydroxylation is 1. The number of benzene rings is 1. The summed E-state index contributed by atoms with van der Waals surface area (Å²) >= 11 is 0. The lowest BCUT2D eigenvalue weighted by atomic mass is 9.95. The number of carbonyl (C=O) groups excluding carboxylic acids is 1. The number of anilines is 1. The summed E-state index contributed by atoms with van der Waals surface area (Å²) in [6.45, 7) is 11.0. The maximum atomic E-state index is 12.5. The molecule has 1 atom stereocenters. The van der Waals surface area contributed by atoms with E-state index in [1.54, 1.807) is 0 Å². The second-order valence-electron chi connectivity index (χ2n) is 8.93. The highest BCUT2D eigenvalue weighted by Crippen LogP contribution is 2.37. The molecule has 30 heavy (non-hydrogen) atoms. The van der Waals surface area contributed by atoms with Gasteiger partial charge in [-0.3, -0.25) is 14.7 Å². The minimum Gasteiger partial charge on any atom is -0.379 e. The van der Waals surface area contributed by atoms with Gasteiger partial charge in [0.25, 0.3) is 0 Å². The Morgan fingerprint density at radius 3 is 2.63 bits per heavy atom. The minimum absolute atomic E-state index is 0.00473. The second-order valence-corrected chi connectivity index (χ2v) is 8.93. The van der Waals surface area contributed by atoms with Crippen LogP contribution in [0, 0.1) is 12.3 Å². The van der Waals surface area contributed by atoms with Crippen LogP contribution in [-0.2, 0) is 9.53 Å². The zero-order valence-corrected chi connectivity index (χ0v) is 18.2. The third kappa shape index (κ3) is 4.11. The number of nitrogens with zero attached hydrogens (tertiary/aromatic N) is 2. The van der Waals surface area contributed by atoms with Gasteiger partial charge in [0.05, 0.1) is 24.9 Å². The first-order valence-corrected chi connectivity index (χ1v) is 10.5. The molecule has 2 N–H and O–H groups in total. The van der Waals surface area contributed by atoms with Crippen molar-refractivity contribution >= 4 is 22.5 Å². The number of morpholine rings is 1. The number of hydrogen-bond donors (Lipinski definition) is 2. The van der Waals surface area contributed by atoms with Crippen LogP contribution in [0.3, 0.4) is 0 Å². The topological polar surface area (TPSA) is 70.2 Å². The van der Waals surface area contributed by atoms with E-state index in [0.29, 0.717) is 0 Å². The van der Waals surface area contributed by atoms with Crippen LogP contribution in [-0.4, -0.2) is 47.1 Å². The quantitative estimate of drug-likeness (QED) is 0.679. The molecule has 2 aromatic heterocycles. The number of rotatable bonds is 4. The van der Waals surface area contributed by atoms with Crippen molar-refractivity contribution in [3.05, 3.63) is 59.5 Å². The molecule has 1 saturated heterocycles. The van der Waals surface area contributed by atoms with Gasteiger partial charge in [0, 0.05) is 52.5 Å². The average molecular weight is 407 g/mol. The molecule has 4 rings (SSSR count). The predicted octanol–water partition coefficient (Wildman–Crippen LogP) is 4.28. The molecular formula is C24H30N4O2. The maximum Gasteiger partial charge on any atom is 0.229 e. The first kappa shape index (κ1) is 20.6. The Hall–Kier alpha value is -2.70. The molecule has 1 fully saturated rings. The summed E-state index contributed by atoms with van der Waals surface area (Å²) in [6.07, 6.45) is 1.85. The molecule has 3 heterocycles. The highest BCUT2D eigenvalue weighted by Gasteiger charge is 2.29. The summed E-state index contributed by atoms with van der Waals surface area (Å²) in [5.41, 5.74) is 4.77. The Balaban J connectivity index is 1.81. The fraction of sp³-hybridized carbons (Fsp3) is 0.417. The number of aromatic amines is 1. The summed E-state index contributed by atoms with van der Waals surface area (Å²) in [5, 5.41) is 4.18. The molecule has 0 spiro atoms. The highest BCUT2D eigenvalue weighted by molar-refractivity contribution is 5.97. The maximum absolute atomic E-state index is 12.5. The van der Waals surface area contributed by atoms with Crippen LogP contribution in [0.2, 0.25) is 0 Å². The number of pyridine rings is 1. The van der Waals surface area contributed by atoms with E-state index in [1.807, 2.05) is 51.2 Å². The second kappa shape index (κ2) is 8.20. The number of nitrogens with one attached hydrogen (secondary N) is 2. The van der Waals surface area contributed by atoms with Gasteiger partial charge in [0.1, 0.15) is 0 Å². The summed E-state index contributed by atoms with van der Waals surface area (Å²) in [6, 6.07) is 12.2. The van der Waals surface area contributed by atoms with Gasteiger partial charge < -0.3 is 15.0 Å². The van der Waals surface area contributed by atoms with Crippen LogP contribution in [0.25, 0.3) is 10.9 Å². The fourth-order valence-electron chi connectivity index (χ4n) is 3.99. The average Bonchev–Trinajstić information content (AvgIpc) is 3.05. The molecule has 158 valence electrons. The Kier molecular flexibility index (Phi) is 5.62. The summed E-state index contributed by atoms with van der Waals surface area (Å²) in [5.74, 6) is 0.00473. The molecule has 0 saturated carbocycles. The SMILES string of the molecule is Cc1[nH]c2ccc(NC(=O)C(C)(C)C)cc2c1[C@H](c1ccccn1)N1CCOCC1. The number of ether oxygens (including phenoxy) is 1. The van der Waals surface area contributed by atoms with Gasteiger partial charge >= 0.3 is 0 Å². The van der Waals surface area contributed by atoms with Crippen molar-refractivity contribution in [3.63, 3.8) is 0 Å². The van der Waals surface area contributed by atoms with Crippen molar-refractivity contribution < 1.29 is 9.53 Å². The molecule has 3 aromatic rings. The van der Waals surface area contributed by atoms with Gasteiger partial charge in [-0.25, -0.2) is 0 Å². The van der Waals surface area contributed by atoms with E-state index in [4.69, 9.17) is 9.72 Å². The van der Waals surface area contributed by atoms with E-state index >= 15 is 0 Å². The normalized spacial score (nSPS) is 16.5. The number of amides is 1. The number of carbonyl (C=O) groups is 1. The van der Waals surface area contributed by atoms with Crippen LogP contribution in [0.1, 0.15) is 43.8 Å². The molecule has 0 unspecified atom stereocenters. The van der Waals surface area contributed by atoms with Gasteiger partial charge in [-0.2, -0.15) is 0 Å². The van der Waals surface area contributed by atoms with E-state index in [9.17, 15) is 4.79 Å². The van der Waals surface area contributed by atoms with Gasteiger partial charge in [-0.05, 0) is 37.3 Å². The highest BCUT2D eigenvalue weighted by atomic mass is 16.5. The van der Waals surface area contributed by atoms with Crippen molar-refractivity contribution in [1.29, 1.82) is 0 Å². The third-order valence-corrected chi connectivity index (χ3v) is 5.63. The van der Waals surface area contributed by atoms with E-state index in [1.165, 1.54) is 5.56 Å². The molecule has 0 radical (unpaired) electrons. The van der Waals surface area contributed by atoms with Crippen molar-refractivity contribution in [3.8, 4) is 0 Å². The molecule has 0 bridgehead atoms. The van der Waals surface area contributed by atoms with Gasteiger partial charge in [-0.1, -0.05) is 26.8 Å². The van der Waals surface area contributed by atoms with Crippen molar-refractivity contribution in [2.45, 2.75) is 33.7 Å². The molecule has 6 nitrogen and oxygen atoms in total. The Labute approximate surface area is 177 Å². The zero-order valence-electron chi connectivity index (χ0n) is 18.2. The van der Waals surface area contributed by atoms with Crippen molar-refractivity contribution in [1.82, 2.24) is 14.9 Å². The van der Waals surface area contributed by atoms with E-state index in [0.717, 1.165) is 54.3 Å². The number of aromatic nitrogens is 2. The van der Waals surface area contributed by atoms with Crippen molar-refractivity contribution in [2.24, 2.45) is 5.41 Å². The third-order valence-electron chi connectivity index (χ3n) is 5.63. The molecule has 6 heteroatoms. The standard InChI is InChI=1S/C24H30N4O2/c1-16-21(22(20-7-5-6-10-25-20)28-11-13-30-14-12-28)18-15-17(8-9-19(18)26-16)27-23(29)24(2,3)4/h5-10,15,22,26H,11-14H2,1-4H3,(H,27,29)/t22-/m0/s1. The van der Waals surface area contributed by atoms with Crippen LogP contribution in [0.5, 0.6) is 0 Å². The number of hydrogen-bond acceptors (Lipinski definition) is 4. The smallest absolute Gasteiger partial charge is 0.229 e. The fourth-order valence-corrected chi connectivity index (χ4v) is 3.99. The lowest BCUT2D eigenvalue weighted by Crippen LogP contribution is -2.40. The summed E-state index contributed by atoms with van der Waals surface area (Å²) in [7, 11) is 0.